The molecule has 0 aromatic heterocycles. The molecule has 0 unspecified atom stereocenters. The van der Waals surface area contributed by atoms with E-state index in [1.54, 1.807) is 0 Å². The summed E-state index contributed by atoms with van der Waals surface area (Å²) in [5, 5.41) is 6.83. The van der Waals surface area contributed by atoms with Crippen LogP contribution in [0.15, 0.2) is 83.3 Å². The van der Waals surface area contributed by atoms with Gasteiger partial charge in [0.25, 0.3) is 0 Å². The lowest BCUT2D eigenvalue weighted by atomic mass is 10.3. The topological polar surface area (TPSA) is 33.3 Å². The van der Waals surface area contributed by atoms with Gasteiger partial charge in [0.2, 0.25) is 0 Å². The zero-order valence-corrected chi connectivity index (χ0v) is 15.1. The number of rotatable bonds is 4. The van der Waals surface area contributed by atoms with Crippen LogP contribution in [0.3, 0.4) is 0 Å². The molecule has 2 N–H and O–H groups in total. The Kier molecular flexibility index (Phi) is 5.46. The van der Waals surface area contributed by atoms with Gasteiger partial charge in [-0.3, -0.25) is 0 Å². The van der Waals surface area contributed by atoms with Crippen LogP contribution in [-0.2, 0) is 0 Å². The van der Waals surface area contributed by atoms with Crippen molar-refractivity contribution in [2.45, 2.75) is 0 Å². The van der Waals surface area contributed by atoms with Gasteiger partial charge in [0, 0.05) is 15.8 Å². The lowest BCUT2D eigenvalue weighted by Crippen LogP contribution is -2.18. The van der Waals surface area contributed by atoms with Gasteiger partial charge < -0.3 is 15.4 Å². The number of para-hydroxylation sites is 1. The summed E-state index contributed by atoms with van der Waals surface area (Å²) in [4.78, 5) is 0. The fourth-order valence-electron chi connectivity index (χ4n) is 2.06. The van der Waals surface area contributed by atoms with E-state index in [1.165, 1.54) is 0 Å². The van der Waals surface area contributed by atoms with E-state index in [-0.39, 0.29) is 0 Å². The highest BCUT2D eigenvalue weighted by Crippen LogP contribution is 2.22. The van der Waals surface area contributed by atoms with Gasteiger partial charge in [-0.15, -0.1) is 0 Å². The molecule has 0 amide bonds. The molecule has 0 spiro atoms. The Bertz CT molecular complexity index is 805. The monoisotopic (exact) mass is 398 g/mol. The Morgan fingerprint density at radius 1 is 0.708 bits per heavy atom. The van der Waals surface area contributed by atoms with Crippen molar-refractivity contribution in [2.75, 3.05) is 10.6 Å². The Hall–Kier alpha value is -2.37. The number of ether oxygens (including phenoxy) is 1. The first-order valence-corrected chi connectivity index (χ1v) is 8.56. The van der Waals surface area contributed by atoms with Crippen LogP contribution in [0.25, 0.3) is 0 Å². The second kappa shape index (κ2) is 7.95. The predicted octanol–water partition coefficient (Wildman–Crippen LogP) is 6.05. The molecule has 0 heterocycles. The molecule has 3 aromatic rings. The molecule has 24 heavy (non-hydrogen) atoms. The summed E-state index contributed by atoms with van der Waals surface area (Å²) in [5.41, 5.74) is 1.82. The Balaban J connectivity index is 1.57. The maximum Gasteiger partial charge on any atom is 0.175 e. The number of hydrogen-bond donors (Lipinski definition) is 2. The highest BCUT2D eigenvalue weighted by atomic mass is 79.9. The van der Waals surface area contributed by atoms with Crippen molar-refractivity contribution in [1.82, 2.24) is 0 Å². The van der Waals surface area contributed by atoms with Crippen LogP contribution in [0.2, 0.25) is 0 Å². The fraction of sp³-hybridized carbons (Fsp3) is 0. The van der Waals surface area contributed by atoms with E-state index < -0.39 is 0 Å². The first-order valence-electron chi connectivity index (χ1n) is 7.35. The Morgan fingerprint density at radius 2 is 1.21 bits per heavy atom. The van der Waals surface area contributed by atoms with Crippen LogP contribution < -0.4 is 15.4 Å². The first kappa shape index (κ1) is 16.5. The number of benzene rings is 3. The standard InChI is InChI=1S/C19H15BrN2OS/c20-14-6-8-15(9-7-14)21-19(24)22-16-10-12-18(13-11-16)23-17-4-2-1-3-5-17/h1-13H,(H2,21,22,24). The number of halogens is 1. The van der Waals surface area contributed by atoms with Gasteiger partial charge >= 0.3 is 0 Å². The third-order valence-corrected chi connectivity index (χ3v) is 3.93. The lowest BCUT2D eigenvalue weighted by molar-refractivity contribution is 0.483. The molecule has 0 aliphatic carbocycles. The second-order valence-corrected chi connectivity index (χ2v) is 6.35. The molecule has 0 fully saturated rings. The third-order valence-electron chi connectivity index (χ3n) is 3.19. The quantitative estimate of drug-likeness (QED) is 0.524. The maximum atomic E-state index is 5.76. The predicted molar refractivity (Wildman–Crippen MR) is 107 cm³/mol. The lowest BCUT2D eigenvalue weighted by Gasteiger charge is -2.11. The van der Waals surface area contributed by atoms with E-state index in [1.807, 2.05) is 78.9 Å². The van der Waals surface area contributed by atoms with Gasteiger partial charge in [0.1, 0.15) is 11.5 Å². The van der Waals surface area contributed by atoms with Crippen molar-refractivity contribution in [2.24, 2.45) is 0 Å². The third kappa shape index (κ3) is 4.81. The summed E-state index contributed by atoms with van der Waals surface area (Å²) in [6.07, 6.45) is 0. The van der Waals surface area contributed by atoms with E-state index in [2.05, 4.69) is 26.6 Å². The minimum atomic E-state index is 0.536. The normalized spacial score (nSPS) is 10.0. The molecule has 0 radical (unpaired) electrons. The van der Waals surface area contributed by atoms with Crippen molar-refractivity contribution in [3.8, 4) is 11.5 Å². The van der Waals surface area contributed by atoms with Gasteiger partial charge in [-0.2, -0.15) is 0 Å². The molecule has 3 aromatic carbocycles. The van der Waals surface area contributed by atoms with Crippen LogP contribution >= 0.6 is 28.1 Å². The molecule has 0 saturated heterocycles. The minimum Gasteiger partial charge on any atom is -0.457 e. The Morgan fingerprint density at radius 3 is 1.79 bits per heavy atom. The molecule has 0 atom stereocenters. The van der Waals surface area contributed by atoms with E-state index in [0.29, 0.717) is 5.11 Å². The fourth-order valence-corrected chi connectivity index (χ4v) is 2.56. The van der Waals surface area contributed by atoms with E-state index >= 15 is 0 Å². The van der Waals surface area contributed by atoms with E-state index in [4.69, 9.17) is 17.0 Å². The summed E-state index contributed by atoms with van der Waals surface area (Å²) >= 11 is 8.73. The molecule has 3 nitrogen and oxygen atoms in total. The maximum absolute atomic E-state index is 5.76. The smallest absolute Gasteiger partial charge is 0.175 e. The van der Waals surface area contributed by atoms with Crippen LogP contribution in [0, 0.1) is 0 Å². The summed E-state index contributed by atoms with van der Waals surface area (Å²) < 4.78 is 6.79. The van der Waals surface area contributed by atoms with Crippen LogP contribution in [0.5, 0.6) is 11.5 Å². The van der Waals surface area contributed by atoms with Crippen molar-refractivity contribution >= 4 is 44.6 Å². The molecule has 0 bridgehead atoms. The van der Waals surface area contributed by atoms with E-state index in [9.17, 15) is 0 Å². The number of nitrogens with one attached hydrogen (secondary N) is 2. The van der Waals surface area contributed by atoms with Crippen LogP contribution in [-0.4, -0.2) is 5.11 Å². The molecule has 0 aliphatic heterocycles. The van der Waals surface area contributed by atoms with Crippen LogP contribution in [0.1, 0.15) is 0 Å². The SMILES string of the molecule is S=C(Nc1ccc(Br)cc1)Nc1ccc(Oc2ccccc2)cc1. The van der Waals surface area contributed by atoms with Crippen LogP contribution in [0.4, 0.5) is 11.4 Å². The van der Waals surface area contributed by atoms with Crippen molar-refractivity contribution in [3.63, 3.8) is 0 Å². The second-order valence-electron chi connectivity index (χ2n) is 5.03. The molecule has 3 rings (SSSR count). The van der Waals surface area contributed by atoms with Gasteiger partial charge in [-0.25, -0.2) is 0 Å². The van der Waals surface area contributed by atoms with Crippen molar-refractivity contribution in [1.29, 1.82) is 0 Å². The molecule has 0 saturated carbocycles. The van der Waals surface area contributed by atoms with E-state index in [0.717, 1.165) is 27.3 Å². The van der Waals surface area contributed by atoms with Gasteiger partial charge in [0.05, 0.1) is 0 Å². The largest absolute Gasteiger partial charge is 0.457 e. The van der Waals surface area contributed by atoms with Gasteiger partial charge in [0.15, 0.2) is 5.11 Å². The zero-order chi connectivity index (χ0) is 16.8. The first-order chi connectivity index (χ1) is 11.7. The highest BCUT2D eigenvalue weighted by Gasteiger charge is 2.01. The number of hydrogen-bond acceptors (Lipinski definition) is 2. The molecule has 5 heteroatoms. The summed E-state index contributed by atoms with van der Waals surface area (Å²) in [6, 6.07) is 25.2. The van der Waals surface area contributed by atoms with Gasteiger partial charge in [-0.1, -0.05) is 34.1 Å². The summed E-state index contributed by atoms with van der Waals surface area (Å²) in [7, 11) is 0. The molecule has 0 aliphatic rings. The molecular weight excluding hydrogens is 384 g/mol. The average Bonchev–Trinajstić information content (AvgIpc) is 2.60. The average molecular weight is 399 g/mol. The Labute approximate surface area is 154 Å². The molecular formula is C19H15BrN2OS. The summed E-state index contributed by atoms with van der Waals surface area (Å²) in [6.45, 7) is 0. The van der Waals surface area contributed by atoms with Crippen molar-refractivity contribution in [3.05, 3.63) is 83.3 Å². The summed E-state index contributed by atoms with van der Waals surface area (Å²) in [5.74, 6) is 1.59. The highest BCUT2D eigenvalue weighted by molar-refractivity contribution is 9.10. The number of anilines is 2. The molecule has 120 valence electrons. The van der Waals surface area contributed by atoms with Crippen molar-refractivity contribution < 1.29 is 4.74 Å². The number of thiocarbonyl (C=S) groups is 1. The van der Waals surface area contributed by atoms with Gasteiger partial charge in [-0.05, 0) is 72.9 Å². The zero-order valence-electron chi connectivity index (χ0n) is 12.7. The minimum absolute atomic E-state index is 0.536.